The molecule has 0 aliphatic heterocycles. The van der Waals surface area contributed by atoms with Gasteiger partial charge < -0.3 is 14.8 Å². The van der Waals surface area contributed by atoms with Gasteiger partial charge in [-0.05, 0) is 49.0 Å². The van der Waals surface area contributed by atoms with Gasteiger partial charge in [0.1, 0.15) is 24.7 Å². The predicted molar refractivity (Wildman–Crippen MR) is 110 cm³/mol. The van der Waals surface area contributed by atoms with Crippen LogP contribution in [0.3, 0.4) is 0 Å². The number of nitrogens with one attached hydrogen (secondary N) is 1. The molecule has 0 unspecified atom stereocenters. The fraction of sp³-hybridized carbons (Fsp3) is 0.238. The highest BCUT2D eigenvalue weighted by Gasteiger charge is 2.04. The molecule has 0 amide bonds. The van der Waals surface area contributed by atoms with Gasteiger partial charge in [0.05, 0.1) is 10.7 Å². The number of likely N-dealkylation sites (N-methyl/N-ethyl adjacent to an activating group) is 1. The van der Waals surface area contributed by atoms with Gasteiger partial charge in [0.2, 0.25) is 0 Å². The van der Waals surface area contributed by atoms with Gasteiger partial charge in [0.25, 0.3) is 5.56 Å². The zero-order chi connectivity index (χ0) is 19.8. The molecule has 3 rings (SSSR count). The van der Waals surface area contributed by atoms with E-state index in [1.165, 1.54) is 6.07 Å². The molecule has 1 N–H and O–H groups in total. The van der Waals surface area contributed by atoms with Crippen LogP contribution in [0.5, 0.6) is 11.5 Å². The van der Waals surface area contributed by atoms with Gasteiger partial charge in [-0.2, -0.15) is 0 Å². The van der Waals surface area contributed by atoms with Crippen LogP contribution in [0, 0.1) is 0 Å². The van der Waals surface area contributed by atoms with E-state index in [1.807, 2.05) is 24.3 Å². The van der Waals surface area contributed by atoms with Crippen molar-refractivity contribution in [2.75, 3.05) is 19.7 Å². The number of aromatic nitrogens is 2. The number of hydrogen-bond donors (Lipinski definition) is 1. The third-order valence-electron chi connectivity index (χ3n) is 3.98. The molecular formula is C21H22ClN3O3. The number of pyridine rings is 2. The highest BCUT2D eigenvalue weighted by molar-refractivity contribution is 6.30. The van der Waals surface area contributed by atoms with Crippen molar-refractivity contribution in [2.45, 2.75) is 13.5 Å². The lowest BCUT2D eigenvalue weighted by Gasteiger charge is -2.10. The third-order valence-corrected chi connectivity index (χ3v) is 4.20. The second kappa shape index (κ2) is 9.92. The van der Waals surface area contributed by atoms with Crippen LogP contribution >= 0.6 is 11.6 Å². The highest BCUT2D eigenvalue weighted by atomic mass is 35.5. The molecule has 0 atom stereocenters. The van der Waals surface area contributed by atoms with E-state index in [0.717, 1.165) is 30.2 Å². The normalized spacial score (nSPS) is 10.6. The summed E-state index contributed by atoms with van der Waals surface area (Å²) in [6.07, 6.45) is 3.25. The van der Waals surface area contributed by atoms with E-state index >= 15 is 0 Å². The molecule has 0 saturated heterocycles. The number of halogens is 1. The minimum absolute atomic E-state index is 0.178. The first kappa shape index (κ1) is 19.9. The van der Waals surface area contributed by atoms with Gasteiger partial charge in [-0.25, -0.2) is 0 Å². The first-order chi connectivity index (χ1) is 13.7. The SMILES string of the molecule is CCNCCOc1ccc(-n2ccc(OCc3ccc(Cl)cn3)cc2=O)cc1. The van der Waals surface area contributed by atoms with Crippen molar-refractivity contribution in [1.82, 2.24) is 14.9 Å². The van der Waals surface area contributed by atoms with Crippen LogP contribution in [0.15, 0.2) is 65.7 Å². The van der Waals surface area contributed by atoms with E-state index in [1.54, 1.807) is 35.2 Å². The topological polar surface area (TPSA) is 65.4 Å². The van der Waals surface area contributed by atoms with Crippen molar-refractivity contribution in [1.29, 1.82) is 0 Å². The molecule has 1 aromatic carbocycles. The third kappa shape index (κ3) is 5.58. The predicted octanol–water partition coefficient (Wildman–Crippen LogP) is 3.45. The van der Waals surface area contributed by atoms with Crippen LogP contribution in [-0.2, 0) is 6.61 Å². The first-order valence-corrected chi connectivity index (χ1v) is 9.43. The molecule has 2 heterocycles. The smallest absolute Gasteiger partial charge is 0.258 e. The van der Waals surface area contributed by atoms with Crippen LogP contribution < -0.4 is 20.3 Å². The summed E-state index contributed by atoms with van der Waals surface area (Å²) in [5.41, 5.74) is 1.32. The van der Waals surface area contributed by atoms with E-state index in [4.69, 9.17) is 21.1 Å². The summed E-state index contributed by atoms with van der Waals surface area (Å²) in [5, 5.41) is 3.77. The average molecular weight is 400 g/mol. The summed E-state index contributed by atoms with van der Waals surface area (Å²) in [4.78, 5) is 16.6. The summed E-state index contributed by atoms with van der Waals surface area (Å²) in [6, 6.07) is 14.1. The maximum absolute atomic E-state index is 12.4. The second-order valence-electron chi connectivity index (χ2n) is 6.02. The molecule has 0 fully saturated rings. The van der Waals surface area contributed by atoms with Crippen molar-refractivity contribution >= 4 is 11.6 Å². The van der Waals surface area contributed by atoms with Crippen molar-refractivity contribution in [3.8, 4) is 17.2 Å². The fourth-order valence-electron chi connectivity index (χ4n) is 2.53. The van der Waals surface area contributed by atoms with Crippen LogP contribution in [0.2, 0.25) is 5.02 Å². The Morgan fingerprint density at radius 2 is 1.89 bits per heavy atom. The maximum Gasteiger partial charge on any atom is 0.258 e. The zero-order valence-electron chi connectivity index (χ0n) is 15.6. The molecule has 0 aliphatic rings. The lowest BCUT2D eigenvalue weighted by Crippen LogP contribution is -2.20. The molecule has 3 aromatic rings. The number of ether oxygens (including phenoxy) is 2. The Morgan fingerprint density at radius 1 is 1.07 bits per heavy atom. The lowest BCUT2D eigenvalue weighted by atomic mass is 10.3. The van der Waals surface area contributed by atoms with Crippen LogP contribution in [0.25, 0.3) is 5.69 Å². The number of hydrogen-bond acceptors (Lipinski definition) is 5. The van der Waals surface area contributed by atoms with Gasteiger partial charge in [-0.1, -0.05) is 18.5 Å². The van der Waals surface area contributed by atoms with Crippen molar-refractivity contribution in [2.24, 2.45) is 0 Å². The van der Waals surface area contributed by atoms with E-state index in [-0.39, 0.29) is 12.2 Å². The van der Waals surface area contributed by atoms with E-state index in [9.17, 15) is 4.79 Å². The monoisotopic (exact) mass is 399 g/mol. The fourth-order valence-corrected chi connectivity index (χ4v) is 2.65. The summed E-state index contributed by atoms with van der Waals surface area (Å²) >= 11 is 5.81. The quantitative estimate of drug-likeness (QED) is 0.558. The van der Waals surface area contributed by atoms with Crippen LogP contribution in [-0.4, -0.2) is 29.2 Å². The van der Waals surface area contributed by atoms with Crippen molar-refractivity contribution < 1.29 is 9.47 Å². The standard InChI is InChI=1S/C21H22ClN3O3/c1-2-23-10-12-27-19-7-5-18(6-8-19)25-11-9-20(13-21(25)26)28-15-17-4-3-16(22)14-24-17/h3-9,11,13-14,23H,2,10,12,15H2,1H3. The zero-order valence-corrected chi connectivity index (χ0v) is 16.4. The molecule has 2 aromatic heterocycles. The van der Waals surface area contributed by atoms with Gasteiger partial charge in [0.15, 0.2) is 0 Å². The Bertz CT molecular complexity index is 940. The lowest BCUT2D eigenvalue weighted by molar-refractivity contribution is 0.300. The summed E-state index contributed by atoms with van der Waals surface area (Å²) in [5.74, 6) is 1.26. The summed E-state index contributed by atoms with van der Waals surface area (Å²) in [7, 11) is 0. The first-order valence-electron chi connectivity index (χ1n) is 9.05. The largest absolute Gasteiger partial charge is 0.492 e. The van der Waals surface area contributed by atoms with Gasteiger partial charge in [-0.15, -0.1) is 0 Å². The molecule has 0 saturated carbocycles. The van der Waals surface area contributed by atoms with E-state index < -0.39 is 0 Å². The minimum Gasteiger partial charge on any atom is -0.492 e. The maximum atomic E-state index is 12.4. The molecule has 6 nitrogen and oxygen atoms in total. The molecular weight excluding hydrogens is 378 g/mol. The van der Waals surface area contributed by atoms with E-state index in [2.05, 4.69) is 17.2 Å². The highest BCUT2D eigenvalue weighted by Crippen LogP contribution is 2.16. The Hall–Kier alpha value is -2.83. The molecule has 0 radical (unpaired) electrons. The molecule has 146 valence electrons. The molecule has 0 aliphatic carbocycles. The van der Waals surface area contributed by atoms with Gasteiger partial charge in [0, 0.05) is 30.7 Å². The molecule has 0 spiro atoms. The van der Waals surface area contributed by atoms with Crippen LogP contribution in [0.4, 0.5) is 0 Å². The Morgan fingerprint density at radius 3 is 2.57 bits per heavy atom. The van der Waals surface area contributed by atoms with Crippen molar-refractivity contribution in [3.05, 3.63) is 82.0 Å². The Balaban J connectivity index is 1.61. The molecule has 0 bridgehead atoms. The molecule has 28 heavy (non-hydrogen) atoms. The van der Waals surface area contributed by atoms with Gasteiger partial charge >= 0.3 is 0 Å². The van der Waals surface area contributed by atoms with Crippen molar-refractivity contribution in [3.63, 3.8) is 0 Å². The number of benzene rings is 1. The average Bonchev–Trinajstić information content (AvgIpc) is 2.71. The molecule has 7 heteroatoms. The minimum atomic E-state index is -0.178. The van der Waals surface area contributed by atoms with E-state index in [0.29, 0.717) is 17.4 Å². The second-order valence-corrected chi connectivity index (χ2v) is 6.46. The Labute approximate surface area is 168 Å². The van der Waals surface area contributed by atoms with Crippen LogP contribution in [0.1, 0.15) is 12.6 Å². The summed E-state index contributed by atoms with van der Waals surface area (Å²) < 4.78 is 12.8. The Kier molecular flexibility index (Phi) is 7.06. The summed E-state index contributed by atoms with van der Waals surface area (Å²) in [6.45, 7) is 4.63. The number of nitrogens with zero attached hydrogens (tertiary/aromatic N) is 2. The number of rotatable bonds is 9. The van der Waals surface area contributed by atoms with Gasteiger partial charge in [-0.3, -0.25) is 14.3 Å².